The molecular formula is C25H25N5O4S2. The van der Waals surface area contributed by atoms with Crippen LogP contribution in [0.15, 0.2) is 27.9 Å². The van der Waals surface area contributed by atoms with Gasteiger partial charge in [0.15, 0.2) is 11.5 Å². The van der Waals surface area contributed by atoms with Crippen LogP contribution in [0.2, 0.25) is 0 Å². The van der Waals surface area contributed by atoms with Crippen LogP contribution in [0, 0.1) is 18.3 Å². The smallest absolute Gasteiger partial charge is 0.270 e. The average molecular weight is 524 g/mol. The Kier molecular flexibility index (Phi) is 6.51. The SMILES string of the molecule is Cc1c(C=C2SC(=S)N(Cc3ccc4c(c3)OCO4)C2=O)c(N2CCN(C)CC2)n(C)c(=O)c1C#N. The molecule has 4 heterocycles. The number of hydrogen-bond donors (Lipinski definition) is 0. The normalized spacial score (nSPS) is 18.9. The highest BCUT2D eigenvalue weighted by molar-refractivity contribution is 8.26. The summed E-state index contributed by atoms with van der Waals surface area (Å²) in [6, 6.07) is 7.61. The number of piperazine rings is 1. The molecule has 0 saturated carbocycles. The summed E-state index contributed by atoms with van der Waals surface area (Å²) in [5, 5.41) is 9.69. The standard InChI is InChI=1S/C25H25N5O4S2/c1-15-17(22(28(3)23(31)18(15)12-26)29-8-6-27(2)7-9-29)11-21-24(32)30(25(35)36-21)13-16-4-5-19-20(10-16)34-14-33-19/h4-5,10-11H,6-9,13-14H2,1-3H3. The number of pyridine rings is 1. The van der Waals surface area contributed by atoms with Crippen LogP contribution in [0.25, 0.3) is 6.08 Å². The van der Waals surface area contributed by atoms with E-state index < -0.39 is 0 Å². The molecule has 0 unspecified atom stereocenters. The molecule has 1 aromatic carbocycles. The minimum Gasteiger partial charge on any atom is -0.454 e. The van der Waals surface area contributed by atoms with Crippen molar-refractivity contribution in [3.05, 3.63) is 55.7 Å². The number of rotatable bonds is 4. The van der Waals surface area contributed by atoms with Gasteiger partial charge in [-0.3, -0.25) is 19.1 Å². The number of fused-ring (bicyclic) bond motifs is 1. The lowest BCUT2D eigenvalue weighted by Crippen LogP contribution is -2.46. The third kappa shape index (κ3) is 4.25. The Hall–Kier alpha value is -3.33. The third-order valence-electron chi connectivity index (χ3n) is 6.70. The number of nitrogens with zero attached hydrogens (tertiary/aromatic N) is 5. The maximum absolute atomic E-state index is 13.4. The van der Waals surface area contributed by atoms with Gasteiger partial charge in [-0.15, -0.1) is 0 Å². The predicted octanol–water partition coefficient (Wildman–Crippen LogP) is 2.45. The second kappa shape index (κ2) is 9.61. The highest BCUT2D eigenvalue weighted by Gasteiger charge is 2.34. The summed E-state index contributed by atoms with van der Waals surface area (Å²) >= 11 is 6.78. The van der Waals surface area contributed by atoms with E-state index in [2.05, 4.69) is 16.8 Å². The first-order chi connectivity index (χ1) is 17.3. The van der Waals surface area contributed by atoms with E-state index in [4.69, 9.17) is 21.7 Å². The Labute approximate surface area is 218 Å². The van der Waals surface area contributed by atoms with Gasteiger partial charge >= 0.3 is 0 Å². The highest BCUT2D eigenvalue weighted by Crippen LogP contribution is 2.38. The van der Waals surface area contributed by atoms with Gasteiger partial charge in [0.2, 0.25) is 6.79 Å². The van der Waals surface area contributed by atoms with Crippen molar-refractivity contribution in [2.45, 2.75) is 13.5 Å². The van der Waals surface area contributed by atoms with E-state index in [1.807, 2.05) is 24.3 Å². The predicted molar refractivity (Wildman–Crippen MR) is 142 cm³/mol. The van der Waals surface area contributed by atoms with E-state index in [0.717, 1.165) is 31.7 Å². The molecule has 1 aromatic heterocycles. The highest BCUT2D eigenvalue weighted by atomic mass is 32.2. The van der Waals surface area contributed by atoms with E-state index in [1.165, 1.54) is 16.3 Å². The van der Waals surface area contributed by atoms with E-state index in [1.54, 1.807) is 24.9 Å². The quantitative estimate of drug-likeness (QED) is 0.443. The maximum atomic E-state index is 13.4. The Morgan fingerprint density at radius 2 is 1.86 bits per heavy atom. The van der Waals surface area contributed by atoms with Gasteiger partial charge in [0.25, 0.3) is 11.5 Å². The Bertz CT molecular complexity index is 1400. The largest absolute Gasteiger partial charge is 0.454 e. The van der Waals surface area contributed by atoms with Crippen molar-refractivity contribution in [2.75, 3.05) is 44.9 Å². The molecule has 3 aliphatic heterocycles. The van der Waals surface area contributed by atoms with Gasteiger partial charge in [0, 0.05) is 38.8 Å². The minimum absolute atomic E-state index is 0.0810. The lowest BCUT2D eigenvalue weighted by molar-refractivity contribution is -0.122. The molecule has 0 aliphatic carbocycles. The van der Waals surface area contributed by atoms with Gasteiger partial charge in [-0.25, -0.2) is 0 Å². The number of aromatic nitrogens is 1. The van der Waals surface area contributed by atoms with Crippen LogP contribution < -0.4 is 19.9 Å². The van der Waals surface area contributed by atoms with Crippen molar-refractivity contribution in [2.24, 2.45) is 7.05 Å². The summed E-state index contributed by atoms with van der Waals surface area (Å²) in [5.74, 6) is 1.83. The molecule has 11 heteroatoms. The molecule has 2 saturated heterocycles. The average Bonchev–Trinajstić information content (AvgIpc) is 3.43. The molecule has 0 radical (unpaired) electrons. The molecule has 1 amide bonds. The summed E-state index contributed by atoms with van der Waals surface area (Å²) in [4.78, 5) is 32.8. The number of hydrogen-bond acceptors (Lipinski definition) is 9. The fraction of sp³-hybridized carbons (Fsp3) is 0.360. The fourth-order valence-corrected chi connectivity index (χ4v) is 5.84. The van der Waals surface area contributed by atoms with Crippen molar-refractivity contribution in [3.63, 3.8) is 0 Å². The van der Waals surface area contributed by atoms with Crippen LogP contribution in [0.5, 0.6) is 11.5 Å². The van der Waals surface area contributed by atoms with E-state index in [-0.39, 0.29) is 23.8 Å². The minimum atomic E-state index is -0.337. The zero-order valence-electron chi connectivity index (χ0n) is 20.2. The monoisotopic (exact) mass is 523 g/mol. The molecule has 5 rings (SSSR count). The second-order valence-corrected chi connectivity index (χ2v) is 10.6. The number of benzene rings is 1. The number of carbonyl (C=O) groups excluding carboxylic acids is 1. The molecule has 2 aromatic rings. The van der Waals surface area contributed by atoms with Gasteiger partial charge in [0.1, 0.15) is 21.8 Å². The molecule has 9 nitrogen and oxygen atoms in total. The lowest BCUT2D eigenvalue weighted by atomic mass is 10.0. The zero-order chi connectivity index (χ0) is 25.6. The summed E-state index contributed by atoms with van der Waals surface area (Å²) in [6.07, 6.45) is 1.78. The first kappa shape index (κ1) is 24.4. The number of anilines is 1. The number of nitriles is 1. The van der Waals surface area contributed by atoms with Crippen molar-refractivity contribution in [3.8, 4) is 17.6 Å². The topological polar surface area (TPSA) is 91.0 Å². The van der Waals surface area contributed by atoms with Crippen molar-refractivity contribution < 1.29 is 14.3 Å². The number of amides is 1. The summed E-state index contributed by atoms with van der Waals surface area (Å²) < 4.78 is 12.8. The van der Waals surface area contributed by atoms with Crippen LogP contribution in [0.4, 0.5) is 5.82 Å². The Morgan fingerprint density at radius 1 is 1.14 bits per heavy atom. The van der Waals surface area contributed by atoms with Gasteiger partial charge < -0.3 is 19.3 Å². The lowest BCUT2D eigenvalue weighted by Gasteiger charge is -2.36. The van der Waals surface area contributed by atoms with Crippen LogP contribution >= 0.6 is 24.0 Å². The molecule has 0 atom stereocenters. The Balaban J connectivity index is 1.51. The van der Waals surface area contributed by atoms with Crippen molar-refractivity contribution in [1.82, 2.24) is 14.4 Å². The van der Waals surface area contributed by atoms with Gasteiger partial charge in [-0.05, 0) is 43.3 Å². The number of carbonyl (C=O) groups is 1. The molecule has 0 spiro atoms. The van der Waals surface area contributed by atoms with Gasteiger partial charge in [0.05, 0.1) is 11.4 Å². The van der Waals surface area contributed by atoms with Crippen molar-refractivity contribution >= 4 is 46.1 Å². The van der Waals surface area contributed by atoms with E-state index >= 15 is 0 Å². The van der Waals surface area contributed by atoms with E-state index in [0.29, 0.717) is 44.2 Å². The van der Waals surface area contributed by atoms with Crippen molar-refractivity contribution in [1.29, 1.82) is 5.26 Å². The van der Waals surface area contributed by atoms with E-state index in [9.17, 15) is 14.9 Å². The molecule has 186 valence electrons. The molecule has 36 heavy (non-hydrogen) atoms. The second-order valence-electron chi connectivity index (χ2n) is 8.96. The van der Waals surface area contributed by atoms with Crippen LogP contribution in [0.1, 0.15) is 22.3 Å². The number of thiocarbonyl (C=S) groups is 1. The first-order valence-corrected chi connectivity index (χ1v) is 12.7. The number of ether oxygens (including phenoxy) is 2. The fourth-order valence-electron chi connectivity index (χ4n) is 4.60. The van der Waals surface area contributed by atoms with Crippen LogP contribution in [0.3, 0.4) is 0 Å². The zero-order valence-corrected chi connectivity index (χ0v) is 21.9. The summed E-state index contributed by atoms with van der Waals surface area (Å²) in [7, 11) is 3.74. The number of thioether (sulfide) groups is 1. The van der Waals surface area contributed by atoms with Gasteiger partial charge in [-0.1, -0.05) is 30.0 Å². The molecule has 0 bridgehead atoms. The number of likely N-dealkylation sites (N-methyl/N-ethyl adjacent to an activating group) is 1. The van der Waals surface area contributed by atoms with Crippen LogP contribution in [-0.4, -0.2) is 64.6 Å². The Morgan fingerprint density at radius 3 is 2.58 bits per heavy atom. The first-order valence-electron chi connectivity index (χ1n) is 11.5. The molecular weight excluding hydrogens is 498 g/mol. The molecule has 3 aliphatic rings. The summed E-state index contributed by atoms with van der Waals surface area (Å²) in [5.41, 5.74) is 1.88. The molecule has 0 N–H and O–H groups in total. The summed E-state index contributed by atoms with van der Waals surface area (Å²) in [6.45, 7) is 5.43. The van der Waals surface area contributed by atoms with Gasteiger partial charge in [-0.2, -0.15) is 5.26 Å². The van der Waals surface area contributed by atoms with Crippen LogP contribution in [-0.2, 0) is 18.4 Å². The molecule has 2 fully saturated rings. The third-order valence-corrected chi connectivity index (χ3v) is 8.08. The maximum Gasteiger partial charge on any atom is 0.270 e.